The minimum absolute atomic E-state index is 0. The van der Waals surface area contributed by atoms with Gasteiger partial charge in [-0.3, -0.25) is 18.6 Å². The van der Waals surface area contributed by atoms with Crippen LogP contribution in [0.4, 0.5) is 0 Å². The Morgan fingerprint density at radius 3 is 1.16 bits per heavy atom. The van der Waals surface area contributed by atoms with Crippen LogP contribution in [0.5, 0.6) is 0 Å². The second-order valence-corrected chi connectivity index (χ2v) is 18.1. The fourth-order valence-electron chi connectivity index (χ4n) is 6.67. The Labute approximate surface area is 365 Å². The molecule has 0 rings (SSSR count). The molecular weight excluding hydrogens is 754 g/mol. The van der Waals surface area contributed by atoms with Crippen molar-refractivity contribution in [2.24, 2.45) is 0 Å². The minimum atomic E-state index is -4.48. The van der Waals surface area contributed by atoms with E-state index in [1.807, 2.05) is 28.2 Å². The molecule has 55 heavy (non-hydrogen) atoms. The average Bonchev–Trinajstić information content (AvgIpc) is 3.08. The van der Waals surface area contributed by atoms with Crippen LogP contribution in [0.15, 0.2) is 0 Å². The molecule has 0 aliphatic rings. The minimum Gasteiger partial charge on any atom is -1.00 e. The number of phosphoric ester groups is 1. The van der Waals surface area contributed by atoms with E-state index in [0.717, 1.165) is 38.5 Å². The normalized spacial score (nSPS) is 14.0. The van der Waals surface area contributed by atoms with Crippen LogP contribution >= 0.6 is 7.82 Å². The van der Waals surface area contributed by atoms with E-state index < -0.39 is 20.0 Å². The summed E-state index contributed by atoms with van der Waals surface area (Å²) in [4.78, 5) is 34.5. The number of carbonyl (C=O) groups excluding carboxylic acids is 2. The number of quaternary nitrogens is 2. The van der Waals surface area contributed by atoms with E-state index in [1.165, 1.54) is 89.9 Å². The summed E-state index contributed by atoms with van der Waals surface area (Å²) in [7, 11) is 3.32. The number of aliphatic hydroxyl groups is 2. The molecule has 0 aromatic heterocycles. The zero-order valence-corrected chi connectivity index (χ0v) is 40.1. The largest absolute Gasteiger partial charge is 1.00 e. The Balaban J connectivity index is -0.0000135. The zero-order chi connectivity index (χ0) is 39.9. The van der Waals surface area contributed by atoms with Gasteiger partial charge in [-0.05, 0) is 12.8 Å². The van der Waals surface area contributed by atoms with E-state index in [2.05, 4.69) is 24.5 Å². The predicted molar refractivity (Wildman–Crippen MR) is 216 cm³/mol. The molecule has 15 heteroatoms. The quantitative estimate of drug-likeness (QED) is 0.0266. The third kappa shape index (κ3) is 40.7. The summed E-state index contributed by atoms with van der Waals surface area (Å²) in [6, 6.07) is 0. The van der Waals surface area contributed by atoms with Crippen molar-refractivity contribution in [1.82, 2.24) is 10.6 Å². The first-order valence-electron chi connectivity index (χ1n) is 21.3. The molecule has 0 aliphatic carbocycles. The second kappa shape index (κ2) is 37.2. The van der Waals surface area contributed by atoms with Gasteiger partial charge >= 0.3 is 37.4 Å². The molecular formula is C40H85ClN4NaO8P+2. The molecule has 0 radical (unpaired) electrons. The summed E-state index contributed by atoms with van der Waals surface area (Å²) < 4.78 is 23.4. The van der Waals surface area contributed by atoms with Crippen LogP contribution in [0.2, 0.25) is 0 Å². The molecule has 5 N–H and O–H groups in total. The summed E-state index contributed by atoms with van der Waals surface area (Å²) in [5.41, 5.74) is 0. The summed E-state index contributed by atoms with van der Waals surface area (Å²) in [5.74, 6) is 0.163. The van der Waals surface area contributed by atoms with Crippen LogP contribution < -0.4 is 52.6 Å². The molecule has 0 heterocycles. The Hall–Kier alpha value is 0.180. The second-order valence-electron chi connectivity index (χ2n) is 16.6. The number of phosphoric acid groups is 1. The van der Waals surface area contributed by atoms with Crippen molar-refractivity contribution in [1.29, 1.82) is 0 Å². The van der Waals surface area contributed by atoms with E-state index in [0.29, 0.717) is 61.1 Å². The zero-order valence-electron chi connectivity index (χ0n) is 36.5. The van der Waals surface area contributed by atoms with Crippen molar-refractivity contribution in [2.75, 3.05) is 80.7 Å². The third-order valence-corrected chi connectivity index (χ3v) is 10.8. The number of carbonyl (C=O) groups is 2. The van der Waals surface area contributed by atoms with E-state index in [1.54, 1.807) is 0 Å². The van der Waals surface area contributed by atoms with E-state index >= 15 is 0 Å². The summed E-state index contributed by atoms with van der Waals surface area (Å²) >= 11 is 0. The number of aliphatic hydroxyl groups excluding tert-OH is 2. The SMILES string of the molecule is CCCCCCCCCCCC(=O)NCCC[N+](C)(C)CC(O)COP(=O)(O)OCC(O)C[N+](C)(C)CCCNC(=O)CCCCCCCCCCC.[Cl-].[Na+]. The Kier molecular flexibility index (Phi) is 40.2. The van der Waals surface area contributed by atoms with Gasteiger partial charge in [-0.25, -0.2) is 4.57 Å². The molecule has 324 valence electrons. The van der Waals surface area contributed by atoms with E-state index in [9.17, 15) is 29.3 Å². The van der Waals surface area contributed by atoms with Crippen molar-refractivity contribution < 1.29 is 89.2 Å². The molecule has 0 saturated heterocycles. The summed E-state index contributed by atoms with van der Waals surface area (Å²) in [5, 5.41) is 27.0. The Bertz CT molecular complexity index is 900. The third-order valence-electron chi connectivity index (χ3n) is 9.81. The number of amides is 2. The first kappa shape index (κ1) is 59.5. The van der Waals surface area contributed by atoms with Crippen molar-refractivity contribution in [2.45, 2.75) is 167 Å². The van der Waals surface area contributed by atoms with Crippen molar-refractivity contribution in [3.63, 3.8) is 0 Å². The molecule has 0 spiro atoms. The van der Waals surface area contributed by atoms with Crippen LogP contribution in [0.25, 0.3) is 0 Å². The van der Waals surface area contributed by atoms with Crippen molar-refractivity contribution in [3.8, 4) is 0 Å². The molecule has 0 aliphatic heterocycles. The van der Waals surface area contributed by atoms with Gasteiger partial charge in [-0.2, -0.15) is 0 Å². The number of halogens is 1. The Morgan fingerprint density at radius 2 is 0.855 bits per heavy atom. The fraction of sp³-hybridized carbons (Fsp3) is 0.950. The first-order valence-corrected chi connectivity index (χ1v) is 22.8. The smallest absolute Gasteiger partial charge is 1.00 e. The predicted octanol–water partition coefficient (Wildman–Crippen LogP) is 0.857. The van der Waals surface area contributed by atoms with Gasteiger partial charge in [0.25, 0.3) is 0 Å². The topological polar surface area (TPSA) is 154 Å². The molecule has 0 aromatic carbocycles. The number of likely N-dealkylation sites (N-methyl/N-ethyl adjacent to an activating group) is 2. The fourth-order valence-corrected chi connectivity index (χ4v) is 7.46. The van der Waals surface area contributed by atoms with Gasteiger partial charge in [0.2, 0.25) is 11.8 Å². The van der Waals surface area contributed by atoms with Crippen LogP contribution in [-0.4, -0.2) is 129 Å². The summed E-state index contributed by atoms with van der Waals surface area (Å²) in [6.07, 6.45) is 22.6. The van der Waals surface area contributed by atoms with Crippen LogP contribution in [0, 0.1) is 0 Å². The number of nitrogens with zero attached hydrogens (tertiary/aromatic N) is 2. The van der Waals surface area contributed by atoms with Gasteiger partial charge in [0.15, 0.2) is 0 Å². The molecule has 0 fully saturated rings. The monoisotopic (exact) mass is 839 g/mol. The molecule has 2 unspecified atom stereocenters. The molecule has 0 bridgehead atoms. The number of rotatable bonds is 38. The van der Waals surface area contributed by atoms with Crippen LogP contribution in [0.3, 0.4) is 0 Å². The van der Waals surface area contributed by atoms with Gasteiger partial charge in [-0.15, -0.1) is 0 Å². The van der Waals surface area contributed by atoms with Gasteiger partial charge in [0.05, 0.1) is 54.5 Å². The maximum atomic E-state index is 12.5. The van der Waals surface area contributed by atoms with Gasteiger partial charge in [-0.1, -0.05) is 117 Å². The standard InChI is InChI=1S/C40H83N4O8P.ClH.Na/c1-7-9-11-13-15-17-19-21-23-27-39(47)41-29-25-31-43(3,4)33-37(45)35-51-53(49,50)52-36-38(46)34-44(5,6)32-26-30-42-40(48)28-24-22-20-18-16-14-12-10-8-2;;/h37-38,45-46H,7-36H2,1-6H3,(H-2,41,42,47,48,49,50);1H;/q;;+1/p+1. The first-order chi connectivity index (χ1) is 25.1. The Morgan fingerprint density at radius 1 is 0.564 bits per heavy atom. The molecule has 0 aromatic rings. The number of unbranched alkanes of at least 4 members (excludes halogenated alkanes) is 16. The van der Waals surface area contributed by atoms with Crippen LogP contribution in [0.1, 0.15) is 155 Å². The van der Waals surface area contributed by atoms with E-state index in [-0.39, 0.29) is 67.0 Å². The number of hydrogen-bond donors (Lipinski definition) is 5. The summed E-state index contributed by atoms with van der Waals surface area (Å²) in [6.45, 7) is 6.82. The molecule has 0 saturated carbocycles. The van der Waals surface area contributed by atoms with Crippen molar-refractivity contribution in [3.05, 3.63) is 0 Å². The molecule has 12 nitrogen and oxygen atoms in total. The molecule has 2 atom stereocenters. The van der Waals surface area contributed by atoms with Gasteiger partial charge < -0.3 is 47.1 Å². The van der Waals surface area contributed by atoms with Crippen LogP contribution in [-0.2, 0) is 23.2 Å². The number of hydrogen-bond acceptors (Lipinski definition) is 7. The van der Waals surface area contributed by atoms with Crippen molar-refractivity contribution >= 4 is 19.6 Å². The maximum absolute atomic E-state index is 12.5. The molecule has 2 amide bonds. The van der Waals surface area contributed by atoms with E-state index in [4.69, 9.17) is 9.05 Å². The van der Waals surface area contributed by atoms with Gasteiger partial charge in [0, 0.05) is 38.8 Å². The average molecular weight is 840 g/mol. The maximum Gasteiger partial charge on any atom is 1.00 e. The van der Waals surface area contributed by atoms with Gasteiger partial charge in [0.1, 0.15) is 25.3 Å². The number of nitrogens with one attached hydrogen (secondary N) is 2.